The third-order valence-corrected chi connectivity index (χ3v) is 6.01. The van der Waals surface area contributed by atoms with Crippen molar-refractivity contribution in [3.63, 3.8) is 0 Å². The van der Waals surface area contributed by atoms with Gasteiger partial charge in [-0.1, -0.05) is 0 Å². The van der Waals surface area contributed by atoms with E-state index in [0.29, 0.717) is 13.0 Å². The van der Waals surface area contributed by atoms with Gasteiger partial charge < -0.3 is 24.3 Å². The topological polar surface area (TPSA) is 77.1 Å². The number of amides is 2. The van der Waals surface area contributed by atoms with Gasteiger partial charge >= 0.3 is 13.2 Å². The number of rotatable bonds is 3. The second-order valence-corrected chi connectivity index (χ2v) is 10.3. The molecule has 32 heavy (non-hydrogen) atoms. The Morgan fingerprint density at radius 2 is 1.72 bits per heavy atom. The summed E-state index contributed by atoms with van der Waals surface area (Å²) in [5, 5.41) is 2.67. The fraction of sp³-hybridized carbons (Fsp3) is 0.636. The van der Waals surface area contributed by atoms with Crippen molar-refractivity contribution in [2.75, 3.05) is 13.1 Å². The number of halogens is 2. The summed E-state index contributed by atoms with van der Waals surface area (Å²) >= 11 is 0. The van der Waals surface area contributed by atoms with Crippen LogP contribution < -0.4 is 10.8 Å². The number of nitrogens with zero attached hydrogens (tertiary/aromatic N) is 1. The van der Waals surface area contributed by atoms with Crippen molar-refractivity contribution in [2.45, 2.75) is 77.7 Å². The standard InChI is InChI=1S/C22H31BF2N2O5/c1-20(2,3)30-19(29)27-9-8-13(12-27)26-18(28)14-10-17(25)15(11-16(14)24)23-31-21(4,5)22(6,7)32-23/h10-11,13H,8-9,12H2,1-7H3,(H,26,28)/t13-/m1/s1. The molecule has 1 atom stereocenters. The Balaban J connectivity index is 1.67. The summed E-state index contributed by atoms with van der Waals surface area (Å²) in [5.74, 6) is -2.43. The normalized spacial score (nSPS) is 22.2. The first-order valence-corrected chi connectivity index (χ1v) is 10.7. The SMILES string of the molecule is CC(C)(C)OC(=O)N1CC[C@@H](NC(=O)c2cc(F)c(B3OC(C)(C)C(C)(C)O3)cc2F)C1. The largest absolute Gasteiger partial charge is 0.497 e. The van der Waals surface area contributed by atoms with Gasteiger partial charge in [-0.2, -0.15) is 0 Å². The second-order valence-electron chi connectivity index (χ2n) is 10.3. The van der Waals surface area contributed by atoms with Gasteiger partial charge in [0.05, 0.1) is 16.8 Å². The molecule has 2 fully saturated rings. The van der Waals surface area contributed by atoms with E-state index in [1.54, 1.807) is 20.8 Å². The van der Waals surface area contributed by atoms with Crippen molar-refractivity contribution < 1.29 is 32.4 Å². The highest BCUT2D eigenvalue weighted by atomic mass is 19.1. The van der Waals surface area contributed by atoms with Crippen LogP contribution in [0.1, 0.15) is 65.2 Å². The van der Waals surface area contributed by atoms with Crippen LogP contribution in [-0.2, 0) is 14.0 Å². The fourth-order valence-electron chi connectivity index (χ4n) is 3.52. The third-order valence-electron chi connectivity index (χ3n) is 6.01. The van der Waals surface area contributed by atoms with E-state index < -0.39 is 53.1 Å². The van der Waals surface area contributed by atoms with E-state index in [2.05, 4.69) is 5.32 Å². The van der Waals surface area contributed by atoms with Crippen LogP contribution in [0, 0.1) is 11.6 Å². The Hall–Kier alpha value is -2.20. The minimum absolute atomic E-state index is 0.102. The van der Waals surface area contributed by atoms with E-state index in [1.807, 2.05) is 27.7 Å². The van der Waals surface area contributed by atoms with Gasteiger partial charge in [-0.25, -0.2) is 13.6 Å². The number of hydrogen-bond donors (Lipinski definition) is 1. The van der Waals surface area contributed by atoms with Crippen molar-refractivity contribution in [1.29, 1.82) is 0 Å². The van der Waals surface area contributed by atoms with Crippen molar-refractivity contribution in [1.82, 2.24) is 10.2 Å². The van der Waals surface area contributed by atoms with Gasteiger partial charge in [0, 0.05) is 24.6 Å². The monoisotopic (exact) mass is 452 g/mol. The summed E-state index contributed by atoms with van der Waals surface area (Å²) in [6.45, 7) is 13.2. The van der Waals surface area contributed by atoms with Gasteiger partial charge in [-0.05, 0) is 67.0 Å². The first kappa shape index (κ1) is 24.4. The highest BCUT2D eigenvalue weighted by Crippen LogP contribution is 2.36. The summed E-state index contributed by atoms with van der Waals surface area (Å²) in [7, 11) is -1.08. The lowest BCUT2D eigenvalue weighted by Gasteiger charge is -2.32. The predicted molar refractivity (Wildman–Crippen MR) is 116 cm³/mol. The van der Waals surface area contributed by atoms with Crippen LogP contribution in [0.4, 0.5) is 13.6 Å². The Labute approximate surface area is 187 Å². The van der Waals surface area contributed by atoms with Crippen molar-refractivity contribution in [3.05, 3.63) is 29.3 Å². The highest BCUT2D eigenvalue weighted by Gasteiger charge is 2.52. The van der Waals surface area contributed by atoms with Crippen LogP contribution in [0.15, 0.2) is 12.1 Å². The number of benzene rings is 1. The molecule has 7 nitrogen and oxygen atoms in total. The molecular formula is C22H31BF2N2O5. The zero-order valence-corrected chi connectivity index (χ0v) is 19.7. The zero-order chi connectivity index (χ0) is 24.1. The maximum absolute atomic E-state index is 14.8. The highest BCUT2D eigenvalue weighted by molar-refractivity contribution is 6.62. The van der Waals surface area contributed by atoms with E-state index in [1.165, 1.54) is 4.90 Å². The Morgan fingerprint density at radius 1 is 1.12 bits per heavy atom. The van der Waals surface area contributed by atoms with Crippen LogP contribution in [0.25, 0.3) is 0 Å². The van der Waals surface area contributed by atoms with Crippen LogP contribution in [0.3, 0.4) is 0 Å². The molecule has 2 aliphatic heterocycles. The number of carbonyl (C=O) groups is 2. The van der Waals surface area contributed by atoms with E-state index >= 15 is 0 Å². The number of carbonyl (C=O) groups excluding carboxylic acids is 2. The summed E-state index contributed by atoms with van der Waals surface area (Å²) in [4.78, 5) is 26.3. The van der Waals surface area contributed by atoms with Crippen molar-refractivity contribution in [3.8, 4) is 0 Å². The van der Waals surface area contributed by atoms with Gasteiger partial charge in [0.1, 0.15) is 17.2 Å². The van der Waals surface area contributed by atoms with Crippen LogP contribution in [0.5, 0.6) is 0 Å². The molecule has 1 aromatic carbocycles. The molecular weight excluding hydrogens is 421 g/mol. The predicted octanol–water partition coefficient (Wildman–Crippen LogP) is 3.00. The molecule has 0 unspecified atom stereocenters. The zero-order valence-electron chi connectivity index (χ0n) is 19.7. The molecule has 1 N–H and O–H groups in total. The van der Waals surface area contributed by atoms with Crippen LogP contribution >= 0.6 is 0 Å². The first-order valence-electron chi connectivity index (χ1n) is 10.7. The molecule has 10 heteroatoms. The van der Waals surface area contributed by atoms with E-state index in [0.717, 1.165) is 12.1 Å². The average molecular weight is 452 g/mol. The third kappa shape index (κ3) is 5.06. The van der Waals surface area contributed by atoms with Gasteiger partial charge in [0.15, 0.2) is 0 Å². The molecule has 176 valence electrons. The molecule has 0 aliphatic carbocycles. The lowest BCUT2D eigenvalue weighted by atomic mass is 9.78. The Bertz CT molecular complexity index is 900. The smallest absolute Gasteiger partial charge is 0.444 e. The minimum Gasteiger partial charge on any atom is -0.444 e. The van der Waals surface area contributed by atoms with E-state index in [4.69, 9.17) is 14.0 Å². The molecule has 2 saturated heterocycles. The summed E-state index contributed by atoms with van der Waals surface area (Å²) < 4.78 is 46.5. The van der Waals surface area contributed by atoms with Crippen molar-refractivity contribution >= 4 is 24.6 Å². The fourth-order valence-corrected chi connectivity index (χ4v) is 3.52. The Morgan fingerprint density at radius 3 is 2.28 bits per heavy atom. The Kier molecular flexibility index (Phi) is 6.34. The quantitative estimate of drug-likeness (QED) is 0.714. The molecule has 2 aliphatic rings. The molecule has 2 heterocycles. The van der Waals surface area contributed by atoms with Gasteiger partial charge in [0.2, 0.25) is 0 Å². The maximum atomic E-state index is 14.8. The molecule has 2 amide bonds. The van der Waals surface area contributed by atoms with E-state index in [9.17, 15) is 18.4 Å². The number of ether oxygens (including phenoxy) is 1. The summed E-state index contributed by atoms with van der Waals surface area (Å²) in [5.41, 5.74) is -2.57. The van der Waals surface area contributed by atoms with Crippen LogP contribution in [0.2, 0.25) is 0 Å². The van der Waals surface area contributed by atoms with Gasteiger partial charge in [-0.3, -0.25) is 4.79 Å². The molecule has 0 aromatic heterocycles. The minimum atomic E-state index is -1.08. The second kappa shape index (κ2) is 8.30. The lowest BCUT2D eigenvalue weighted by Crippen LogP contribution is -2.41. The number of hydrogen-bond acceptors (Lipinski definition) is 5. The summed E-state index contributed by atoms with van der Waals surface area (Å²) in [6, 6.07) is 1.40. The van der Waals surface area contributed by atoms with Gasteiger partial charge in [0.25, 0.3) is 5.91 Å². The molecule has 0 spiro atoms. The molecule has 1 aromatic rings. The van der Waals surface area contributed by atoms with Crippen LogP contribution in [-0.4, -0.2) is 60.0 Å². The van der Waals surface area contributed by atoms with Gasteiger partial charge in [-0.15, -0.1) is 0 Å². The van der Waals surface area contributed by atoms with E-state index in [-0.39, 0.29) is 18.0 Å². The number of likely N-dealkylation sites (tertiary alicyclic amines) is 1. The summed E-state index contributed by atoms with van der Waals surface area (Å²) in [6.07, 6.45) is 0.0133. The lowest BCUT2D eigenvalue weighted by molar-refractivity contribution is 0.00578. The molecule has 0 radical (unpaired) electrons. The average Bonchev–Trinajstić information content (AvgIpc) is 3.17. The van der Waals surface area contributed by atoms with Crippen molar-refractivity contribution in [2.24, 2.45) is 0 Å². The maximum Gasteiger partial charge on any atom is 0.497 e. The molecule has 0 saturated carbocycles. The number of nitrogens with one attached hydrogen (secondary N) is 1. The first-order chi connectivity index (χ1) is 14.6. The molecule has 0 bridgehead atoms. The molecule has 3 rings (SSSR count).